The lowest BCUT2D eigenvalue weighted by Gasteiger charge is -2.24. The summed E-state index contributed by atoms with van der Waals surface area (Å²) in [5.74, 6) is 2.10. The van der Waals surface area contributed by atoms with E-state index < -0.39 is 0 Å². The van der Waals surface area contributed by atoms with Crippen LogP contribution in [-0.2, 0) is 0 Å². The Hall–Kier alpha value is -0.780. The molecule has 1 unspecified atom stereocenters. The number of nitrogens with one attached hydrogen (secondary N) is 2. The third-order valence-corrected chi connectivity index (χ3v) is 3.42. The Morgan fingerprint density at radius 3 is 2.58 bits per heavy atom. The number of hydrogen-bond donors (Lipinski definition) is 2. The van der Waals surface area contributed by atoms with Crippen LogP contribution < -0.4 is 10.6 Å². The highest BCUT2D eigenvalue weighted by molar-refractivity contribution is 14.0. The van der Waals surface area contributed by atoms with Crippen molar-refractivity contribution in [3.05, 3.63) is 35.9 Å². The molecule has 1 aromatic rings. The van der Waals surface area contributed by atoms with Gasteiger partial charge in [0.25, 0.3) is 0 Å². The number of rotatable bonds is 4. The van der Waals surface area contributed by atoms with Crippen LogP contribution in [0.4, 0.5) is 0 Å². The molecule has 0 saturated heterocycles. The Morgan fingerprint density at radius 2 is 2.00 bits per heavy atom. The third-order valence-electron chi connectivity index (χ3n) is 3.42. The zero-order valence-electron chi connectivity index (χ0n) is 11.7. The van der Waals surface area contributed by atoms with Gasteiger partial charge in [-0.25, -0.2) is 0 Å². The summed E-state index contributed by atoms with van der Waals surface area (Å²) in [4.78, 5) is 4.45. The molecule has 0 saturated carbocycles. The van der Waals surface area contributed by atoms with Crippen molar-refractivity contribution in [3.8, 4) is 0 Å². The standard InChI is InChI=1S/C15H23N3.HI/c1-12(2)14(13-7-4-3-5-8-13)11-18-15-16-9-6-10-17-15;/h3-5,7-8,12,14H,6,9-11H2,1-2H3,(H2,16,17,18);1H. The topological polar surface area (TPSA) is 36.4 Å². The molecule has 1 aromatic carbocycles. The molecule has 3 nitrogen and oxygen atoms in total. The van der Waals surface area contributed by atoms with E-state index in [0.717, 1.165) is 32.0 Å². The molecule has 19 heavy (non-hydrogen) atoms. The van der Waals surface area contributed by atoms with Crippen LogP contribution in [0.15, 0.2) is 35.3 Å². The summed E-state index contributed by atoms with van der Waals surface area (Å²) in [5, 5.41) is 6.74. The van der Waals surface area contributed by atoms with Gasteiger partial charge in [-0.3, -0.25) is 4.99 Å². The Balaban J connectivity index is 0.00000180. The number of nitrogens with zero attached hydrogens (tertiary/aromatic N) is 1. The molecule has 2 N–H and O–H groups in total. The summed E-state index contributed by atoms with van der Waals surface area (Å²) < 4.78 is 0. The highest BCUT2D eigenvalue weighted by Gasteiger charge is 2.16. The van der Waals surface area contributed by atoms with Crippen molar-refractivity contribution >= 4 is 29.9 Å². The quantitative estimate of drug-likeness (QED) is 0.797. The van der Waals surface area contributed by atoms with E-state index >= 15 is 0 Å². The van der Waals surface area contributed by atoms with E-state index in [1.165, 1.54) is 5.56 Å². The van der Waals surface area contributed by atoms with Crippen molar-refractivity contribution in [1.29, 1.82) is 0 Å². The second-order valence-corrected chi connectivity index (χ2v) is 5.15. The third kappa shape index (κ3) is 5.01. The number of hydrogen-bond acceptors (Lipinski definition) is 3. The van der Waals surface area contributed by atoms with E-state index in [9.17, 15) is 0 Å². The SMILES string of the molecule is CC(C)C(CNC1=NCCCN1)c1ccccc1.I. The zero-order chi connectivity index (χ0) is 12.8. The fourth-order valence-electron chi connectivity index (χ4n) is 2.30. The minimum absolute atomic E-state index is 0. The van der Waals surface area contributed by atoms with Gasteiger partial charge in [-0.1, -0.05) is 44.2 Å². The fraction of sp³-hybridized carbons (Fsp3) is 0.533. The van der Waals surface area contributed by atoms with Crippen molar-refractivity contribution in [3.63, 3.8) is 0 Å². The number of guanidine groups is 1. The second-order valence-electron chi connectivity index (χ2n) is 5.15. The van der Waals surface area contributed by atoms with Crippen molar-refractivity contribution < 1.29 is 0 Å². The summed E-state index contributed by atoms with van der Waals surface area (Å²) >= 11 is 0. The number of benzene rings is 1. The minimum atomic E-state index is 0. The van der Waals surface area contributed by atoms with E-state index in [0.29, 0.717) is 11.8 Å². The lowest BCUT2D eigenvalue weighted by Crippen LogP contribution is -2.42. The lowest BCUT2D eigenvalue weighted by molar-refractivity contribution is 0.486. The van der Waals surface area contributed by atoms with Crippen LogP contribution in [0.25, 0.3) is 0 Å². The molecule has 106 valence electrons. The van der Waals surface area contributed by atoms with E-state index in [1.54, 1.807) is 0 Å². The molecule has 0 spiro atoms. The first-order valence-electron chi connectivity index (χ1n) is 6.84. The molecule has 0 aliphatic carbocycles. The number of aliphatic imine (C=N–C) groups is 1. The molecule has 0 amide bonds. The maximum absolute atomic E-state index is 4.45. The highest BCUT2D eigenvalue weighted by atomic mass is 127. The molecule has 1 aliphatic rings. The molecule has 1 atom stereocenters. The van der Waals surface area contributed by atoms with Crippen molar-refractivity contribution in [2.75, 3.05) is 19.6 Å². The van der Waals surface area contributed by atoms with Crippen molar-refractivity contribution in [2.24, 2.45) is 10.9 Å². The van der Waals surface area contributed by atoms with Gasteiger partial charge in [0, 0.05) is 25.6 Å². The van der Waals surface area contributed by atoms with Crippen LogP contribution >= 0.6 is 24.0 Å². The molecule has 0 radical (unpaired) electrons. The lowest BCUT2D eigenvalue weighted by atomic mass is 9.88. The summed E-state index contributed by atoms with van der Waals surface area (Å²) in [6.45, 7) is 7.45. The molecule has 0 fully saturated rings. The van der Waals surface area contributed by atoms with Crippen LogP contribution in [-0.4, -0.2) is 25.6 Å². The molecule has 0 aromatic heterocycles. The minimum Gasteiger partial charge on any atom is -0.356 e. The van der Waals surface area contributed by atoms with Gasteiger partial charge in [0.15, 0.2) is 5.96 Å². The molecule has 1 heterocycles. The van der Waals surface area contributed by atoms with E-state index in [2.05, 4.69) is 59.8 Å². The first-order chi connectivity index (χ1) is 8.77. The van der Waals surface area contributed by atoms with Gasteiger partial charge in [0.05, 0.1) is 0 Å². The predicted octanol–water partition coefficient (Wildman–Crippen LogP) is 2.98. The largest absolute Gasteiger partial charge is 0.356 e. The zero-order valence-corrected chi connectivity index (χ0v) is 14.1. The monoisotopic (exact) mass is 373 g/mol. The predicted molar refractivity (Wildman–Crippen MR) is 92.4 cm³/mol. The van der Waals surface area contributed by atoms with Gasteiger partial charge in [-0.15, -0.1) is 24.0 Å². The fourth-order valence-corrected chi connectivity index (χ4v) is 2.30. The van der Waals surface area contributed by atoms with E-state index in [4.69, 9.17) is 0 Å². The van der Waals surface area contributed by atoms with Crippen LogP contribution in [0, 0.1) is 5.92 Å². The van der Waals surface area contributed by atoms with E-state index in [1.807, 2.05) is 0 Å². The summed E-state index contributed by atoms with van der Waals surface area (Å²) in [6, 6.07) is 10.7. The molecule has 1 aliphatic heterocycles. The van der Waals surface area contributed by atoms with Crippen LogP contribution in [0.2, 0.25) is 0 Å². The second kappa shape index (κ2) is 8.40. The van der Waals surface area contributed by atoms with Gasteiger partial charge in [0.2, 0.25) is 0 Å². The average molecular weight is 373 g/mol. The van der Waals surface area contributed by atoms with Crippen LogP contribution in [0.3, 0.4) is 0 Å². The molecule has 2 rings (SSSR count). The van der Waals surface area contributed by atoms with Gasteiger partial charge in [0.1, 0.15) is 0 Å². The van der Waals surface area contributed by atoms with Crippen LogP contribution in [0.5, 0.6) is 0 Å². The highest BCUT2D eigenvalue weighted by Crippen LogP contribution is 2.23. The Bertz CT molecular complexity index is 390. The Morgan fingerprint density at radius 1 is 1.26 bits per heavy atom. The van der Waals surface area contributed by atoms with Gasteiger partial charge < -0.3 is 10.6 Å². The summed E-state index contributed by atoms with van der Waals surface area (Å²) in [7, 11) is 0. The molecular formula is C15H24IN3. The first kappa shape index (κ1) is 16.3. The molecular weight excluding hydrogens is 349 g/mol. The summed E-state index contributed by atoms with van der Waals surface area (Å²) in [6.07, 6.45) is 1.14. The Labute approximate surface area is 133 Å². The molecule has 4 heteroatoms. The van der Waals surface area contributed by atoms with Gasteiger partial charge in [-0.05, 0) is 17.9 Å². The first-order valence-corrected chi connectivity index (χ1v) is 6.84. The van der Waals surface area contributed by atoms with Crippen LogP contribution in [0.1, 0.15) is 31.7 Å². The van der Waals surface area contributed by atoms with E-state index in [-0.39, 0.29) is 24.0 Å². The maximum atomic E-state index is 4.45. The van der Waals surface area contributed by atoms with Crippen molar-refractivity contribution in [1.82, 2.24) is 10.6 Å². The maximum Gasteiger partial charge on any atom is 0.191 e. The van der Waals surface area contributed by atoms with Crippen molar-refractivity contribution in [2.45, 2.75) is 26.2 Å². The average Bonchev–Trinajstić information content (AvgIpc) is 2.41. The summed E-state index contributed by atoms with van der Waals surface area (Å²) in [5.41, 5.74) is 1.40. The van der Waals surface area contributed by atoms with Gasteiger partial charge in [-0.2, -0.15) is 0 Å². The normalized spacial score (nSPS) is 16.1. The Kier molecular flexibility index (Phi) is 7.20. The molecule has 0 bridgehead atoms. The smallest absolute Gasteiger partial charge is 0.191 e. The van der Waals surface area contributed by atoms with Gasteiger partial charge >= 0.3 is 0 Å². The number of halogens is 1.